The second-order valence-electron chi connectivity index (χ2n) is 5.74. The molecule has 1 fully saturated rings. The van der Waals surface area contributed by atoms with Gasteiger partial charge in [0.15, 0.2) is 0 Å². The third-order valence-corrected chi connectivity index (χ3v) is 4.54. The van der Waals surface area contributed by atoms with Gasteiger partial charge in [0.25, 0.3) is 0 Å². The second kappa shape index (κ2) is 6.10. The number of likely N-dealkylation sites (tertiary alicyclic amines) is 1. The quantitative estimate of drug-likeness (QED) is 0.904. The third kappa shape index (κ3) is 2.87. The molecule has 1 aliphatic heterocycles. The van der Waals surface area contributed by atoms with Gasteiger partial charge in [0.05, 0.1) is 0 Å². The smallest absolute Gasteiger partial charge is 0.248 e. The molecule has 1 N–H and O–H groups in total. The zero-order chi connectivity index (χ0) is 12.5. The number of nitrogens with zero attached hydrogens (tertiary/aromatic N) is 1. The maximum Gasteiger partial charge on any atom is 0.248 e. The topological polar surface area (TPSA) is 36.1 Å². The number of fused-ring (bicyclic) bond motifs is 2. The average Bonchev–Trinajstić information content (AvgIpc) is 2.37. The summed E-state index contributed by atoms with van der Waals surface area (Å²) in [5.74, 6) is 0.746. The lowest BCUT2D eigenvalue weighted by atomic mass is 9.77. The van der Waals surface area contributed by atoms with Crippen molar-refractivity contribution < 1.29 is 0 Å². The zero-order valence-electron chi connectivity index (χ0n) is 11.5. The van der Waals surface area contributed by atoms with Gasteiger partial charge < -0.3 is 4.98 Å². The van der Waals surface area contributed by atoms with Crippen molar-refractivity contribution in [1.82, 2.24) is 9.88 Å². The van der Waals surface area contributed by atoms with E-state index in [-0.39, 0.29) is 18.0 Å². The van der Waals surface area contributed by atoms with Crippen molar-refractivity contribution in [1.29, 1.82) is 0 Å². The van der Waals surface area contributed by atoms with E-state index in [1.54, 1.807) is 6.07 Å². The van der Waals surface area contributed by atoms with E-state index in [4.69, 9.17) is 0 Å². The van der Waals surface area contributed by atoms with E-state index >= 15 is 0 Å². The molecule has 1 aliphatic carbocycles. The fraction of sp³-hybridized carbons (Fsp3) is 0.667. The molecule has 19 heavy (non-hydrogen) atoms. The summed E-state index contributed by atoms with van der Waals surface area (Å²) in [6.07, 6.45) is 6.06. The molecule has 0 amide bonds. The number of H-pyrrole nitrogens is 1. The van der Waals surface area contributed by atoms with Crippen molar-refractivity contribution in [3.63, 3.8) is 0 Å². The summed E-state index contributed by atoms with van der Waals surface area (Å²) in [6.45, 7) is 4.74. The summed E-state index contributed by atoms with van der Waals surface area (Å²) in [7, 11) is 0. The van der Waals surface area contributed by atoms with Crippen LogP contribution in [-0.2, 0) is 12.8 Å². The van der Waals surface area contributed by atoms with E-state index < -0.39 is 0 Å². The number of pyridine rings is 1. The first-order chi connectivity index (χ1) is 8.78. The molecule has 0 unspecified atom stereocenters. The highest BCUT2D eigenvalue weighted by atomic mass is 35.5. The third-order valence-electron chi connectivity index (χ3n) is 4.54. The molecule has 1 aromatic rings. The molecular formula is C15H23ClN2O. The molecule has 0 radical (unpaired) electrons. The van der Waals surface area contributed by atoms with Crippen molar-refractivity contribution >= 4 is 12.4 Å². The number of halogens is 1. The zero-order valence-corrected chi connectivity index (χ0v) is 12.3. The molecule has 106 valence electrons. The Morgan fingerprint density at radius 3 is 3.00 bits per heavy atom. The number of nitrogens with one attached hydrogen (secondary N) is 1. The highest BCUT2D eigenvalue weighted by Gasteiger charge is 2.35. The lowest BCUT2D eigenvalue weighted by molar-refractivity contribution is 0.0845. The second-order valence-corrected chi connectivity index (χ2v) is 5.74. The van der Waals surface area contributed by atoms with Gasteiger partial charge in [-0.15, -0.1) is 12.4 Å². The summed E-state index contributed by atoms with van der Waals surface area (Å²) in [5, 5.41) is 0. The summed E-state index contributed by atoms with van der Waals surface area (Å²) >= 11 is 0. The summed E-state index contributed by atoms with van der Waals surface area (Å²) in [6, 6.07) is 4.41. The number of rotatable bonds is 2. The predicted octanol–water partition coefficient (Wildman–Crippen LogP) is 2.39. The van der Waals surface area contributed by atoms with Crippen molar-refractivity contribution in [2.45, 2.75) is 45.1 Å². The van der Waals surface area contributed by atoms with Gasteiger partial charge in [-0.05, 0) is 56.7 Å². The van der Waals surface area contributed by atoms with Crippen LogP contribution in [0.1, 0.15) is 37.4 Å². The van der Waals surface area contributed by atoms with Crippen molar-refractivity contribution in [3.8, 4) is 0 Å². The van der Waals surface area contributed by atoms with E-state index in [9.17, 15) is 4.79 Å². The molecule has 2 heterocycles. The molecule has 3 nitrogen and oxygen atoms in total. The molecule has 0 bridgehead atoms. The number of aromatic amines is 1. The summed E-state index contributed by atoms with van der Waals surface area (Å²) in [4.78, 5) is 17.1. The highest BCUT2D eigenvalue weighted by Crippen LogP contribution is 2.33. The lowest BCUT2D eigenvalue weighted by Crippen LogP contribution is -2.49. The maximum absolute atomic E-state index is 11.4. The number of hydrogen-bond donors (Lipinski definition) is 1. The van der Waals surface area contributed by atoms with Gasteiger partial charge in [-0.3, -0.25) is 9.69 Å². The Bertz CT molecular complexity index is 483. The van der Waals surface area contributed by atoms with Crippen LogP contribution in [-0.4, -0.2) is 29.0 Å². The first-order valence-corrected chi connectivity index (χ1v) is 7.23. The maximum atomic E-state index is 11.4. The number of hydrogen-bond acceptors (Lipinski definition) is 2. The van der Waals surface area contributed by atoms with E-state index in [2.05, 4.69) is 16.8 Å². The molecule has 0 saturated carbocycles. The normalized spacial score (nSPS) is 26.2. The van der Waals surface area contributed by atoms with E-state index in [0.29, 0.717) is 6.04 Å². The van der Waals surface area contributed by atoms with Gasteiger partial charge in [0, 0.05) is 17.8 Å². The first-order valence-electron chi connectivity index (χ1n) is 7.23. The molecule has 0 spiro atoms. The van der Waals surface area contributed by atoms with Gasteiger partial charge in [0.2, 0.25) is 5.56 Å². The molecule has 2 atom stereocenters. The fourth-order valence-electron chi connectivity index (χ4n) is 3.72. The lowest BCUT2D eigenvalue weighted by Gasteiger charge is -2.44. The molecule has 1 aromatic heterocycles. The Labute approximate surface area is 120 Å². The Hall–Kier alpha value is -0.800. The van der Waals surface area contributed by atoms with Gasteiger partial charge in [-0.1, -0.05) is 13.0 Å². The van der Waals surface area contributed by atoms with Crippen LogP contribution in [0.4, 0.5) is 0 Å². The van der Waals surface area contributed by atoms with Crippen LogP contribution in [0, 0.1) is 5.92 Å². The summed E-state index contributed by atoms with van der Waals surface area (Å²) < 4.78 is 0. The van der Waals surface area contributed by atoms with Crippen LogP contribution in [0.5, 0.6) is 0 Å². The van der Waals surface area contributed by atoms with E-state index in [1.807, 2.05) is 6.07 Å². The van der Waals surface area contributed by atoms with Gasteiger partial charge in [-0.2, -0.15) is 0 Å². The largest absolute Gasteiger partial charge is 0.326 e. The van der Waals surface area contributed by atoms with E-state index in [1.165, 1.54) is 43.6 Å². The fourth-order valence-corrected chi connectivity index (χ4v) is 3.72. The van der Waals surface area contributed by atoms with Crippen LogP contribution < -0.4 is 5.56 Å². The predicted molar refractivity (Wildman–Crippen MR) is 80.1 cm³/mol. The Morgan fingerprint density at radius 1 is 1.37 bits per heavy atom. The molecule has 1 saturated heterocycles. The van der Waals surface area contributed by atoms with Crippen molar-refractivity contribution in [2.24, 2.45) is 5.92 Å². The Balaban J connectivity index is 0.00000133. The highest BCUT2D eigenvalue weighted by molar-refractivity contribution is 5.85. The minimum absolute atomic E-state index is 0. The van der Waals surface area contributed by atoms with Gasteiger partial charge >= 0.3 is 0 Å². The molecular weight excluding hydrogens is 260 g/mol. The van der Waals surface area contributed by atoms with Gasteiger partial charge in [-0.25, -0.2) is 0 Å². The summed E-state index contributed by atoms with van der Waals surface area (Å²) in [5.41, 5.74) is 2.61. The first kappa shape index (κ1) is 14.6. The molecule has 3 rings (SSSR count). The monoisotopic (exact) mass is 282 g/mol. The molecule has 2 aliphatic rings. The standard InChI is InChI=1S/C15H22N2O.ClH/c1-2-7-17-8-3-4-12-9-13-11(10-14(12)17)5-6-15(18)16-13;/h5-6,12,14H,2-4,7-10H2,1H3,(H,16,18);1H/t12-,14-;/m0./s1. The Morgan fingerprint density at radius 2 is 2.21 bits per heavy atom. The number of piperidine rings is 1. The van der Waals surface area contributed by atoms with Gasteiger partial charge in [0.1, 0.15) is 0 Å². The minimum Gasteiger partial charge on any atom is -0.326 e. The van der Waals surface area contributed by atoms with Crippen LogP contribution in [0.15, 0.2) is 16.9 Å². The van der Waals surface area contributed by atoms with Crippen LogP contribution >= 0.6 is 12.4 Å². The molecule has 4 heteroatoms. The van der Waals surface area contributed by atoms with Crippen LogP contribution in [0.2, 0.25) is 0 Å². The average molecular weight is 283 g/mol. The number of aromatic nitrogens is 1. The minimum atomic E-state index is 0. The van der Waals surface area contributed by atoms with Crippen LogP contribution in [0.3, 0.4) is 0 Å². The van der Waals surface area contributed by atoms with Crippen LogP contribution in [0.25, 0.3) is 0 Å². The molecule has 0 aromatic carbocycles. The Kier molecular flexibility index (Phi) is 4.69. The SMILES string of the molecule is CCCN1CCC[C@H]2Cc3[nH]c(=O)ccc3C[C@@H]21.Cl. The van der Waals surface area contributed by atoms with E-state index in [0.717, 1.165) is 18.8 Å². The van der Waals surface area contributed by atoms with Crippen molar-refractivity contribution in [3.05, 3.63) is 33.7 Å². The van der Waals surface area contributed by atoms with Crippen molar-refractivity contribution in [2.75, 3.05) is 13.1 Å².